The van der Waals surface area contributed by atoms with E-state index < -0.39 is 0 Å². The number of aryl methyl sites for hydroxylation is 1. The van der Waals surface area contributed by atoms with Crippen molar-refractivity contribution in [2.45, 2.75) is 40.0 Å². The molecular formula is C15H25N3S. The molecular weight excluding hydrogens is 254 g/mol. The van der Waals surface area contributed by atoms with Crippen molar-refractivity contribution in [3.8, 4) is 0 Å². The highest BCUT2D eigenvalue weighted by molar-refractivity contribution is 7.16. The Morgan fingerprint density at radius 3 is 2.63 bits per heavy atom. The number of thiazole rings is 1. The number of hydrogen-bond acceptors (Lipinski definition) is 4. The van der Waals surface area contributed by atoms with Crippen molar-refractivity contribution in [3.05, 3.63) is 16.1 Å². The molecule has 1 fully saturated rings. The van der Waals surface area contributed by atoms with Crippen molar-refractivity contribution in [1.29, 1.82) is 0 Å². The molecule has 0 aliphatic carbocycles. The molecule has 1 aliphatic rings. The highest BCUT2D eigenvalue weighted by Gasteiger charge is 2.16. The Kier molecular flexibility index (Phi) is 4.99. The van der Waals surface area contributed by atoms with E-state index in [-0.39, 0.29) is 0 Å². The van der Waals surface area contributed by atoms with Crippen LogP contribution in [0.25, 0.3) is 6.08 Å². The Morgan fingerprint density at radius 1 is 1.37 bits per heavy atom. The van der Waals surface area contributed by atoms with Crippen LogP contribution in [-0.2, 0) is 0 Å². The van der Waals surface area contributed by atoms with E-state index in [0.29, 0.717) is 12.5 Å². The van der Waals surface area contributed by atoms with Gasteiger partial charge in [-0.25, -0.2) is 4.98 Å². The number of piperidine rings is 1. The van der Waals surface area contributed by atoms with Gasteiger partial charge >= 0.3 is 0 Å². The van der Waals surface area contributed by atoms with Crippen molar-refractivity contribution in [2.24, 2.45) is 11.7 Å². The highest BCUT2D eigenvalue weighted by Crippen LogP contribution is 2.30. The number of nitrogens with two attached hydrogens (primary N) is 1. The number of hydrogen-bond donors (Lipinski definition) is 1. The van der Waals surface area contributed by atoms with Gasteiger partial charge in [-0.15, -0.1) is 0 Å². The Bertz CT molecular complexity index is 442. The molecule has 0 bridgehead atoms. The molecule has 2 heterocycles. The largest absolute Gasteiger partial charge is 0.348 e. The van der Waals surface area contributed by atoms with Gasteiger partial charge in [0.2, 0.25) is 0 Å². The third kappa shape index (κ3) is 3.57. The van der Waals surface area contributed by atoms with Crippen LogP contribution in [0.15, 0.2) is 5.57 Å². The lowest BCUT2D eigenvalue weighted by atomic mass is 10.0. The fourth-order valence-electron chi connectivity index (χ4n) is 2.38. The van der Waals surface area contributed by atoms with Gasteiger partial charge in [-0.1, -0.05) is 30.8 Å². The van der Waals surface area contributed by atoms with Crippen molar-refractivity contribution >= 4 is 22.5 Å². The van der Waals surface area contributed by atoms with Crippen LogP contribution < -0.4 is 10.6 Å². The van der Waals surface area contributed by atoms with E-state index in [1.54, 1.807) is 0 Å². The summed E-state index contributed by atoms with van der Waals surface area (Å²) in [6, 6.07) is 0. The van der Waals surface area contributed by atoms with Gasteiger partial charge in [0.1, 0.15) is 0 Å². The minimum Gasteiger partial charge on any atom is -0.348 e. The van der Waals surface area contributed by atoms with Crippen LogP contribution in [-0.4, -0.2) is 24.6 Å². The monoisotopic (exact) mass is 279 g/mol. The van der Waals surface area contributed by atoms with Gasteiger partial charge in [-0.3, -0.25) is 0 Å². The van der Waals surface area contributed by atoms with E-state index >= 15 is 0 Å². The topological polar surface area (TPSA) is 42.2 Å². The molecule has 4 heteroatoms. The summed E-state index contributed by atoms with van der Waals surface area (Å²) >= 11 is 1.81. The third-order valence-corrected chi connectivity index (χ3v) is 4.91. The number of aromatic nitrogens is 1. The Balaban J connectivity index is 2.20. The second-order valence-corrected chi connectivity index (χ2v) is 6.58. The molecule has 1 aliphatic heterocycles. The summed E-state index contributed by atoms with van der Waals surface area (Å²) in [5.74, 6) is 0.505. The van der Waals surface area contributed by atoms with Gasteiger partial charge in [0, 0.05) is 19.6 Å². The molecule has 0 unspecified atom stereocenters. The average Bonchev–Trinajstić information content (AvgIpc) is 2.78. The summed E-state index contributed by atoms with van der Waals surface area (Å²) in [5.41, 5.74) is 8.27. The molecule has 3 nitrogen and oxygen atoms in total. The summed E-state index contributed by atoms with van der Waals surface area (Å²) < 4.78 is 0. The van der Waals surface area contributed by atoms with Crippen LogP contribution in [0.5, 0.6) is 0 Å². The molecule has 106 valence electrons. The first-order chi connectivity index (χ1) is 9.11. The molecule has 0 atom stereocenters. The summed E-state index contributed by atoms with van der Waals surface area (Å²) in [5, 5.41) is 1.18. The zero-order valence-corrected chi connectivity index (χ0v) is 13.1. The minimum absolute atomic E-state index is 0.505. The zero-order chi connectivity index (χ0) is 13.8. The Labute approximate surface area is 120 Å². The maximum atomic E-state index is 5.83. The van der Waals surface area contributed by atoms with E-state index in [2.05, 4.69) is 31.7 Å². The molecule has 2 rings (SSSR count). The first kappa shape index (κ1) is 14.5. The smallest absolute Gasteiger partial charge is 0.186 e. The first-order valence-corrected chi connectivity index (χ1v) is 8.06. The maximum absolute atomic E-state index is 5.83. The molecule has 0 radical (unpaired) electrons. The van der Waals surface area contributed by atoms with Crippen molar-refractivity contribution in [2.75, 3.05) is 24.5 Å². The third-order valence-electron chi connectivity index (χ3n) is 3.74. The fourth-order valence-corrected chi connectivity index (χ4v) is 3.47. The van der Waals surface area contributed by atoms with Gasteiger partial charge in [-0.2, -0.15) is 0 Å². The van der Waals surface area contributed by atoms with E-state index in [9.17, 15) is 0 Å². The second kappa shape index (κ2) is 6.53. The summed E-state index contributed by atoms with van der Waals surface area (Å²) in [6.07, 6.45) is 6.19. The maximum Gasteiger partial charge on any atom is 0.186 e. The van der Waals surface area contributed by atoms with Crippen LogP contribution in [0.3, 0.4) is 0 Å². The van der Waals surface area contributed by atoms with Crippen LogP contribution in [0, 0.1) is 12.8 Å². The summed E-state index contributed by atoms with van der Waals surface area (Å²) in [4.78, 5) is 8.44. The lowest BCUT2D eigenvalue weighted by Crippen LogP contribution is -2.29. The predicted octanol–water partition coefficient (Wildman–Crippen LogP) is 3.44. The Hall–Kier alpha value is -0.870. The minimum atomic E-state index is 0.505. The number of nitrogens with zero attached hydrogens (tertiary/aromatic N) is 2. The molecule has 0 amide bonds. The van der Waals surface area contributed by atoms with E-state index in [1.165, 1.54) is 34.8 Å². The SMILES string of the molecule is Cc1nc(N2CCCCC2)sc1C=C(CN)C(C)C. The van der Waals surface area contributed by atoms with Crippen LogP contribution in [0.2, 0.25) is 0 Å². The molecule has 1 saturated heterocycles. The first-order valence-electron chi connectivity index (χ1n) is 7.24. The van der Waals surface area contributed by atoms with Gasteiger partial charge in [-0.05, 0) is 38.2 Å². The van der Waals surface area contributed by atoms with Crippen molar-refractivity contribution in [1.82, 2.24) is 4.98 Å². The van der Waals surface area contributed by atoms with E-state index in [0.717, 1.165) is 18.8 Å². The quantitative estimate of drug-likeness (QED) is 0.918. The lowest BCUT2D eigenvalue weighted by molar-refractivity contribution is 0.576. The van der Waals surface area contributed by atoms with E-state index in [1.807, 2.05) is 11.3 Å². The Morgan fingerprint density at radius 2 is 2.05 bits per heavy atom. The number of rotatable bonds is 4. The van der Waals surface area contributed by atoms with Crippen LogP contribution in [0.1, 0.15) is 43.7 Å². The molecule has 0 spiro atoms. The molecule has 0 saturated carbocycles. The zero-order valence-electron chi connectivity index (χ0n) is 12.3. The van der Waals surface area contributed by atoms with Gasteiger partial charge in [0.05, 0.1) is 10.6 Å². The standard InChI is InChI=1S/C15H25N3S/c1-11(2)13(10-16)9-14-12(3)17-15(19-14)18-7-5-4-6-8-18/h9,11H,4-8,10,16H2,1-3H3. The summed E-state index contributed by atoms with van der Waals surface area (Å²) in [7, 11) is 0. The van der Waals surface area contributed by atoms with Crippen molar-refractivity contribution < 1.29 is 0 Å². The predicted molar refractivity (Wildman–Crippen MR) is 84.8 cm³/mol. The molecule has 1 aromatic heterocycles. The molecule has 1 aromatic rings. The van der Waals surface area contributed by atoms with Crippen molar-refractivity contribution in [3.63, 3.8) is 0 Å². The summed E-state index contributed by atoms with van der Waals surface area (Å²) in [6.45, 7) is 9.44. The van der Waals surface area contributed by atoms with Gasteiger partial charge in [0.15, 0.2) is 5.13 Å². The van der Waals surface area contributed by atoms with Gasteiger partial charge < -0.3 is 10.6 Å². The van der Waals surface area contributed by atoms with E-state index in [4.69, 9.17) is 10.7 Å². The molecule has 2 N–H and O–H groups in total. The molecule has 0 aromatic carbocycles. The molecule has 19 heavy (non-hydrogen) atoms. The highest BCUT2D eigenvalue weighted by atomic mass is 32.1. The van der Waals surface area contributed by atoms with Crippen LogP contribution >= 0.6 is 11.3 Å². The average molecular weight is 279 g/mol. The lowest BCUT2D eigenvalue weighted by Gasteiger charge is -2.25. The normalized spacial score (nSPS) is 17.3. The second-order valence-electron chi connectivity index (χ2n) is 5.57. The fraction of sp³-hybridized carbons (Fsp3) is 0.667. The number of anilines is 1. The van der Waals surface area contributed by atoms with Crippen LogP contribution in [0.4, 0.5) is 5.13 Å². The van der Waals surface area contributed by atoms with Gasteiger partial charge in [0.25, 0.3) is 0 Å².